The molecule has 0 amide bonds. The van der Waals surface area contributed by atoms with Crippen molar-refractivity contribution in [2.45, 2.75) is 0 Å². The third-order valence-corrected chi connectivity index (χ3v) is 10.1. The first-order valence-electron chi connectivity index (χ1n) is 16.9. The Labute approximate surface area is 284 Å². The Morgan fingerprint density at radius 1 is 0.265 bits per heavy atom. The summed E-state index contributed by atoms with van der Waals surface area (Å²) >= 11 is 0. The zero-order valence-corrected chi connectivity index (χ0v) is 26.7. The van der Waals surface area contributed by atoms with Crippen molar-refractivity contribution < 1.29 is 4.42 Å². The molecule has 0 spiro atoms. The summed E-state index contributed by atoms with van der Waals surface area (Å²) in [4.78, 5) is 0. The van der Waals surface area contributed by atoms with E-state index in [1.54, 1.807) is 0 Å². The van der Waals surface area contributed by atoms with Gasteiger partial charge in [0.15, 0.2) is 0 Å². The van der Waals surface area contributed by atoms with E-state index in [-0.39, 0.29) is 0 Å². The molecule has 1 heteroatoms. The molecule has 9 aromatic carbocycles. The largest absolute Gasteiger partial charge is 0.456 e. The Bertz CT molecular complexity index is 2820. The van der Waals surface area contributed by atoms with Crippen molar-refractivity contribution in [3.8, 4) is 44.5 Å². The molecule has 10 aromatic rings. The summed E-state index contributed by atoms with van der Waals surface area (Å²) in [6, 6.07) is 65.8. The lowest BCUT2D eigenvalue weighted by Crippen LogP contribution is -1.92. The first-order chi connectivity index (χ1) is 24.3. The Balaban J connectivity index is 1.24. The van der Waals surface area contributed by atoms with Crippen LogP contribution in [-0.2, 0) is 0 Å². The molecule has 10 rings (SSSR count). The lowest BCUT2D eigenvalue weighted by atomic mass is 9.83. The maximum absolute atomic E-state index is 6.26. The lowest BCUT2D eigenvalue weighted by Gasteiger charge is -2.20. The van der Waals surface area contributed by atoms with Crippen LogP contribution in [0.2, 0.25) is 0 Å². The molecule has 1 heterocycles. The van der Waals surface area contributed by atoms with Crippen LogP contribution in [0.1, 0.15) is 0 Å². The van der Waals surface area contributed by atoms with E-state index < -0.39 is 0 Å². The van der Waals surface area contributed by atoms with Gasteiger partial charge in [-0.25, -0.2) is 0 Å². The fourth-order valence-electron chi connectivity index (χ4n) is 7.97. The zero-order valence-electron chi connectivity index (χ0n) is 26.7. The van der Waals surface area contributed by atoms with Gasteiger partial charge in [0, 0.05) is 10.8 Å². The molecule has 0 N–H and O–H groups in total. The first kappa shape index (κ1) is 27.7. The highest BCUT2D eigenvalue weighted by molar-refractivity contribution is 6.24. The van der Waals surface area contributed by atoms with Crippen LogP contribution in [0, 0.1) is 0 Å². The van der Waals surface area contributed by atoms with E-state index >= 15 is 0 Å². The van der Waals surface area contributed by atoms with Crippen molar-refractivity contribution in [2.75, 3.05) is 0 Å². The molecular weight excluding hydrogens is 593 g/mol. The minimum absolute atomic E-state index is 0.912. The van der Waals surface area contributed by atoms with Gasteiger partial charge in [-0.2, -0.15) is 0 Å². The minimum atomic E-state index is 0.912. The predicted molar refractivity (Wildman–Crippen MR) is 208 cm³/mol. The summed E-state index contributed by atoms with van der Waals surface area (Å²) in [7, 11) is 0. The van der Waals surface area contributed by atoms with Crippen LogP contribution in [-0.4, -0.2) is 0 Å². The fourth-order valence-corrected chi connectivity index (χ4v) is 7.97. The Morgan fingerprint density at radius 2 is 0.755 bits per heavy atom. The van der Waals surface area contributed by atoms with Crippen molar-refractivity contribution in [1.29, 1.82) is 0 Å². The smallest absolute Gasteiger partial charge is 0.136 e. The first-order valence-corrected chi connectivity index (χ1v) is 16.9. The maximum Gasteiger partial charge on any atom is 0.136 e. The molecule has 228 valence electrons. The Kier molecular flexibility index (Phi) is 6.25. The quantitative estimate of drug-likeness (QED) is 0.178. The fraction of sp³-hybridized carbons (Fsp3) is 0. The van der Waals surface area contributed by atoms with E-state index in [9.17, 15) is 0 Å². The Hall–Kier alpha value is -6.44. The average Bonchev–Trinajstić information content (AvgIpc) is 3.56. The molecule has 1 nitrogen and oxygen atoms in total. The van der Waals surface area contributed by atoms with Crippen molar-refractivity contribution in [3.05, 3.63) is 182 Å². The highest BCUT2D eigenvalue weighted by Gasteiger charge is 2.20. The molecule has 0 saturated heterocycles. The maximum atomic E-state index is 6.26. The van der Waals surface area contributed by atoms with Crippen molar-refractivity contribution in [1.82, 2.24) is 0 Å². The molecule has 0 aliphatic rings. The standard InChI is InChI=1S/C48H30O/c1-2-14-31(15-3-1)34-28-29-42(37-19-5-4-18-36(34)37)47-40-22-8-6-20-38(40)46(39-21-7-9-23-41(39)47)33-17-12-16-32(30-33)35-25-13-27-45-48(35)43-24-10-11-26-44(43)49-45/h1-30H. The monoisotopic (exact) mass is 622 g/mol. The van der Waals surface area contributed by atoms with E-state index in [1.807, 2.05) is 12.1 Å². The summed E-state index contributed by atoms with van der Waals surface area (Å²) in [5.41, 5.74) is 11.6. The Morgan fingerprint density at radius 3 is 1.47 bits per heavy atom. The van der Waals surface area contributed by atoms with Crippen LogP contribution in [0.4, 0.5) is 0 Å². The van der Waals surface area contributed by atoms with E-state index in [0.29, 0.717) is 0 Å². The number of para-hydroxylation sites is 1. The second kappa shape index (κ2) is 11.1. The van der Waals surface area contributed by atoms with E-state index in [1.165, 1.54) is 76.8 Å². The molecule has 0 aliphatic carbocycles. The second-order valence-corrected chi connectivity index (χ2v) is 12.8. The van der Waals surface area contributed by atoms with Gasteiger partial charge in [0.05, 0.1) is 0 Å². The van der Waals surface area contributed by atoms with Gasteiger partial charge in [0.2, 0.25) is 0 Å². The molecule has 0 fully saturated rings. The number of fused-ring (bicyclic) bond motifs is 6. The van der Waals surface area contributed by atoms with Crippen LogP contribution in [0.5, 0.6) is 0 Å². The van der Waals surface area contributed by atoms with E-state index in [0.717, 1.165) is 21.9 Å². The summed E-state index contributed by atoms with van der Waals surface area (Å²) in [6.07, 6.45) is 0. The summed E-state index contributed by atoms with van der Waals surface area (Å²) in [6.45, 7) is 0. The van der Waals surface area contributed by atoms with Gasteiger partial charge in [-0.05, 0) is 95.0 Å². The van der Waals surface area contributed by atoms with Gasteiger partial charge in [-0.3, -0.25) is 0 Å². The van der Waals surface area contributed by atoms with Crippen LogP contribution in [0.3, 0.4) is 0 Å². The third-order valence-electron chi connectivity index (χ3n) is 10.1. The summed E-state index contributed by atoms with van der Waals surface area (Å²) in [5, 5.41) is 9.82. The highest BCUT2D eigenvalue weighted by atomic mass is 16.3. The lowest BCUT2D eigenvalue weighted by molar-refractivity contribution is 0.669. The number of rotatable bonds is 4. The normalized spacial score (nSPS) is 11.7. The van der Waals surface area contributed by atoms with Gasteiger partial charge in [-0.1, -0.05) is 164 Å². The number of hydrogen-bond acceptors (Lipinski definition) is 1. The SMILES string of the molecule is c1ccc(-c2ccc(-c3c4ccccc4c(-c4cccc(-c5cccc6oc7ccccc7c56)c4)c4ccccc34)c3ccccc23)cc1. The van der Waals surface area contributed by atoms with Crippen LogP contribution in [0.25, 0.3) is 98.8 Å². The van der Waals surface area contributed by atoms with Gasteiger partial charge in [0.1, 0.15) is 11.2 Å². The van der Waals surface area contributed by atoms with Gasteiger partial charge in [-0.15, -0.1) is 0 Å². The molecule has 0 unspecified atom stereocenters. The number of hydrogen-bond donors (Lipinski definition) is 0. The predicted octanol–water partition coefficient (Wildman–Crippen LogP) is 13.7. The molecule has 49 heavy (non-hydrogen) atoms. The average molecular weight is 623 g/mol. The van der Waals surface area contributed by atoms with Gasteiger partial charge in [0.25, 0.3) is 0 Å². The van der Waals surface area contributed by atoms with Gasteiger partial charge < -0.3 is 4.42 Å². The van der Waals surface area contributed by atoms with Crippen LogP contribution < -0.4 is 0 Å². The molecule has 1 aromatic heterocycles. The number of furan rings is 1. The number of benzene rings is 9. The van der Waals surface area contributed by atoms with Crippen molar-refractivity contribution >= 4 is 54.3 Å². The van der Waals surface area contributed by atoms with Crippen LogP contribution >= 0.6 is 0 Å². The molecular formula is C48H30O. The third kappa shape index (κ3) is 4.33. The second-order valence-electron chi connectivity index (χ2n) is 12.8. The summed E-state index contributed by atoms with van der Waals surface area (Å²) in [5.74, 6) is 0. The minimum Gasteiger partial charge on any atom is -0.456 e. The highest BCUT2D eigenvalue weighted by Crippen LogP contribution is 2.47. The molecule has 0 radical (unpaired) electrons. The molecule has 0 atom stereocenters. The van der Waals surface area contributed by atoms with E-state index in [2.05, 4.69) is 170 Å². The van der Waals surface area contributed by atoms with Crippen LogP contribution in [0.15, 0.2) is 186 Å². The molecule has 0 bridgehead atoms. The zero-order chi connectivity index (χ0) is 32.3. The van der Waals surface area contributed by atoms with E-state index in [4.69, 9.17) is 4.42 Å². The van der Waals surface area contributed by atoms with Gasteiger partial charge >= 0.3 is 0 Å². The molecule has 0 saturated carbocycles. The topological polar surface area (TPSA) is 13.1 Å². The summed E-state index contributed by atoms with van der Waals surface area (Å²) < 4.78 is 6.26. The van der Waals surface area contributed by atoms with Crippen molar-refractivity contribution in [3.63, 3.8) is 0 Å². The van der Waals surface area contributed by atoms with Crippen molar-refractivity contribution in [2.24, 2.45) is 0 Å². The molecule has 0 aliphatic heterocycles.